The number of benzene rings is 2. The van der Waals surface area contributed by atoms with Crippen LogP contribution in [0.15, 0.2) is 48.5 Å². The lowest BCUT2D eigenvalue weighted by Crippen LogP contribution is -2.10. The van der Waals surface area contributed by atoms with Gasteiger partial charge in [0.2, 0.25) is 0 Å². The Labute approximate surface area is 127 Å². The van der Waals surface area contributed by atoms with Gasteiger partial charge >= 0.3 is 0 Å². The lowest BCUT2D eigenvalue weighted by Gasteiger charge is -2.19. The van der Waals surface area contributed by atoms with E-state index in [0.717, 1.165) is 23.7 Å². The van der Waals surface area contributed by atoms with Gasteiger partial charge in [-0.25, -0.2) is 0 Å². The van der Waals surface area contributed by atoms with Gasteiger partial charge in [0.15, 0.2) is 0 Å². The molecule has 2 aromatic carbocycles. The van der Waals surface area contributed by atoms with E-state index in [9.17, 15) is 0 Å². The van der Waals surface area contributed by atoms with E-state index < -0.39 is 0 Å². The predicted molar refractivity (Wildman–Crippen MR) is 89.2 cm³/mol. The van der Waals surface area contributed by atoms with Gasteiger partial charge in [-0.2, -0.15) is 12.6 Å². The van der Waals surface area contributed by atoms with E-state index in [1.807, 2.05) is 24.3 Å². The molecule has 106 valence electrons. The molecule has 2 rings (SSSR count). The van der Waals surface area contributed by atoms with Crippen molar-refractivity contribution in [2.75, 3.05) is 5.75 Å². The largest absolute Gasteiger partial charge is 0.457 e. The van der Waals surface area contributed by atoms with E-state index in [1.165, 1.54) is 11.1 Å². The Bertz CT molecular complexity index is 535. The van der Waals surface area contributed by atoms with Crippen LogP contribution in [0.5, 0.6) is 11.5 Å². The second kappa shape index (κ2) is 6.36. The Hall–Kier alpha value is -1.41. The molecule has 0 aromatic heterocycles. The number of aryl methyl sites for hydroxylation is 1. The third-order valence-corrected chi connectivity index (χ3v) is 3.50. The Kier molecular flexibility index (Phi) is 4.77. The SMILES string of the molecule is CC(C)(C)c1ccc(Oc2ccc(CCS)cc2)cc1. The zero-order valence-corrected chi connectivity index (χ0v) is 13.3. The summed E-state index contributed by atoms with van der Waals surface area (Å²) in [5, 5.41) is 0. The van der Waals surface area contributed by atoms with E-state index >= 15 is 0 Å². The molecule has 0 heterocycles. The summed E-state index contributed by atoms with van der Waals surface area (Å²) in [4.78, 5) is 0. The first-order valence-electron chi connectivity index (χ1n) is 6.97. The van der Waals surface area contributed by atoms with Crippen LogP contribution in [0.25, 0.3) is 0 Å². The Morgan fingerprint density at radius 3 is 1.80 bits per heavy atom. The molecule has 0 spiro atoms. The van der Waals surface area contributed by atoms with Gasteiger partial charge in [-0.1, -0.05) is 45.0 Å². The highest BCUT2D eigenvalue weighted by Gasteiger charge is 2.13. The molecule has 2 heteroatoms. The fourth-order valence-electron chi connectivity index (χ4n) is 2.01. The average molecular weight is 286 g/mol. The van der Waals surface area contributed by atoms with Gasteiger partial charge in [-0.15, -0.1) is 0 Å². The summed E-state index contributed by atoms with van der Waals surface area (Å²) < 4.78 is 5.86. The monoisotopic (exact) mass is 286 g/mol. The molecular formula is C18H22OS. The minimum atomic E-state index is 0.174. The van der Waals surface area contributed by atoms with Crippen LogP contribution in [-0.4, -0.2) is 5.75 Å². The van der Waals surface area contributed by atoms with Crippen LogP contribution in [0.2, 0.25) is 0 Å². The molecule has 0 unspecified atom stereocenters. The smallest absolute Gasteiger partial charge is 0.127 e. The van der Waals surface area contributed by atoms with Gasteiger partial charge in [0.25, 0.3) is 0 Å². The third-order valence-electron chi connectivity index (χ3n) is 3.28. The summed E-state index contributed by atoms with van der Waals surface area (Å²) in [6, 6.07) is 16.5. The van der Waals surface area contributed by atoms with Crippen LogP contribution in [-0.2, 0) is 11.8 Å². The molecule has 0 saturated carbocycles. The molecule has 2 aromatic rings. The maximum atomic E-state index is 5.86. The fraction of sp³-hybridized carbons (Fsp3) is 0.333. The molecule has 0 radical (unpaired) electrons. The van der Waals surface area contributed by atoms with Crippen molar-refractivity contribution in [3.63, 3.8) is 0 Å². The normalized spacial score (nSPS) is 11.4. The zero-order chi connectivity index (χ0) is 14.6. The molecule has 1 nitrogen and oxygen atoms in total. The highest BCUT2D eigenvalue weighted by Crippen LogP contribution is 2.27. The number of rotatable bonds is 4. The van der Waals surface area contributed by atoms with Crippen molar-refractivity contribution in [1.82, 2.24) is 0 Å². The molecule has 0 aliphatic carbocycles. The Morgan fingerprint density at radius 2 is 1.35 bits per heavy atom. The highest BCUT2D eigenvalue weighted by atomic mass is 32.1. The Morgan fingerprint density at radius 1 is 0.850 bits per heavy atom. The van der Waals surface area contributed by atoms with Crippen molar-refractivity contribution in [2.24, 2.45) is 0 Å². The Balaban J connectivity index is 2.06. The number of hydrogen-bond donors (Lipinski definition) is 1. The molecule has 0 bridgehead atoms. The summed E-state index contributed by atoms with van der Waals surface area (Å²) in [5.41, 5.74) is 2.77. The topological polar surface area (TPSA) is 9.23 Å². The third kappa shape index (κ3) is 4.04. The van der Waals surface area contributed by atoms with Crippen molar-refractivity contribution >= 4 is 12.6 Å². The van der Waals surface area contributed by atoms with E-state index in [1.54, 1.807) is 0 Å². The van der Waals surface area contributed by atoms with Gasteiger partial charge < -0.3 is 4.74 Å². The maximum absolute atomic E-state index is 5.86. The lowest BCUT2D eigenvalue weighted by atomic mass is 9.87. The van der Waals surface area contributed by atoms with Crippen LogP contribution in [0.3, 0.4) is 0 Å². The minimum Gasteiger partial charge on any atom is -0.457 e. The lowest BCUT2D eigenvalue weighted by molar-refractivity contribution is 0.481. The first-order chi connectivity index (χ1) is 9.49. The van der Waals surface area contributed by atoms with Crippen molar-refractivity contribution < 1.29 is 4.74 Å². The predicted octanol–water partition coefficient (Wildman–Crippen LogP) is 5.25. The number of thiol groups is 1. The van der Waals surface area contributed by atoms with Gasteiger partial charge in [0, 0.05) is 0 Å². The van der Waals surface area contributed by atoms with Crippen molar-refractivity contribution in [1.29, 1.82) is 0 Å². The first kappa shape index (κ1) is 15.0. The molecule has 0 N–H and O–H groups in total. The van der Waals surface area contributed by atoms with E-state index in [2.05, 4.69) is 57.7 Å². The van der Waals surface area contributed by atoms with E-state index in [4.69, 9.17) is 4.74 Å². The van der Waals surface area contributed by atoms with Gasteiger partial charge in [-0.3, -0.25) is 0 Å². The molecule has 0 fully saturated rings. The van der Waals surface area contributed by atoms with E-state index in [0.29, 0.717) is 0 Å². The minimum absolute atomic E-state index is 0.174. The van der Waals surface area contributed by atoms with Crippen LogP contribution in [0, 0.1) is 0 Å². The second-order valence-electron chi connectivity index (χ2n) is 5.99. The summed E-state index contributed by atoms with van der Waals surface area (Å²) >= 11 is 4.24. The van der Waals surface area contributed by atoms with Crippen molar-refractivity contribution in [3.05, 3.63) is 59.7 Å². The molecule has 0 aliphatic heterocycles. The number of ether oxygens (including phenoxy) is 1. The quantitative estimate of drug-likeness (QED) is 0.755. The summed E-state index contributed by atoms with van der Waals surface area (Å²) in [6.45, 7) is 6.63. The van der Waals surface area contributed by atoms with Crippen LogP contribution in [0.4, 0.5) is 0 Å². The first-order valence-corrected chi connectivity index (χ1v) is 7.60. The molecule has 0 aliphatic rings. The summed E-state index contributed by atoms with van der Waals surface area (Å²) in [5.74, 6) is 2.62. The second-order valence-corrected chi connectivity index (χ2v) is 6.44. The van der Waals surface area contributed by atoms with Crippen LogP contribution in [0.1, 0.15) is 31.9 Å². The average Bonchev–Trinajstić information content (AvgIpc) is 2.41. The molecule has 0 amide bonds. The van der Waals surface area contributed by atoms with Gasteiger partial charge in [0.1, 0.15) is 11.5 Å². The molecule has 0 saturated heterocycles. The standard InChI is InChI=1S/C18H22OS/c1-18(2,3)15-6-10-17(11-7-15)19-16-8-4-14(5-9-16)12-13-20/h4-11,20H,12-13H2,1-3H3. The summed E-state index contributed by atoms with van der Waals surface area (Å²) in [6.07, 6.45) is 0.990. The summed E-state index contributed by atoms with van der Waals surface area (Å²) in [7, 11) is 0. The van der Waals surface area contributed by atoms with Crippen molar-refractivity contribution in [2.45, 2.75) is 32.6 Å². The van der Waals surface area contributed by atoms with Gasteiger partial charge in [-0.05, 0) is 53.0 Å². The van der Waals surface area contributed by atoms with E-state index in [-0.39, 0.29) is 5.41 Å². The van der Waals surface area contributed by atoms with Crippen LogP contribution < -0.4 is 4.74 Å². The zero-order valence-electron chi connectivity index (χ0n) is 12.4. The molecule has 20 heavy (non-hydrogen) atoms. The highest BCUT2D eigenvalue weighted by molar-refractivity contribution is 7.80. The molecular weight excluding hydrogens is 264 g/mol. The van der Waals surface area contributed by atoms with Crippen molar-refractivity contribution in [3.8, 4) is 11.5 Å². The van der Waals surface area contributed by atoms with Gasteiger partial charge in [0.05, 0.1) is 0 Å². The number of hydrogen-bond acceptors (Lipinski definition) is 2. The maximum Gasteiger partial charge on any atom is 0.127 e. The molecule has 0 atom stereocenters. The fourth-order valence-corrected chi connectivity index (χ4v) is 2.27. The van der Waals surface area contributed by atoms with Crippen LogP contribution >= 0.6 is 12.6 Å².